The molecule has 2 aromatic rings. The van der Waals surface area contributed by atoms with Gasteiger partial charge in [0.15, 0.2) is 6.10 Å². The molecule has 0 aliphatic heterocycles. The van der Waals surface area contributed by atoms with Gasteiger partial charge in [0.05, 0.1) is 11.3 Å². The first-order chi connectivity index (χ1) is 14.3. The van der Waals surface area contributed by atoms with Crippen molar-refractivity contribution in [2.24, 2.45) is 0 Å². The van der Waals surface area contributed by atoms with Crippen molar-refractivity contribution in [1.82, 2.24) is 5.32 Å². The molecule has 0 heterocycles. The van der Waals surface area contributed by atoms with Crippen molar-refractivity contribution in [3.63, 3.8) is 0 Å². The normalized spacial score (nSPS) is 11.3. The van der Waals surface area contributed by atoms with Crippen molar-refractivity contribution >= 4 is 29.2 Å². The molecule has 0 aliphatic rings. The lowest BCUT2D eigenvalue weighted by molar-refractivity contribution is -0.384. The molecule has 0 radical (unpaired) electrons. The summed E-state index contributed by atoms with van der Waals surface area (Å²) in [5.74, 6) is -1.57. The highest BCUT2D eigenvalue weighted by Gasteiger charge is 2.18. The molecule has 2 N–H and O–H groups in total. The van der Waals surface area contributed by atoms with E-state index in [-0.39, 0.29) is 24.2 Å². The smallest absolute Gasteiger partial charge is 0.308 e. The van der Waals surface area contributed by atoms with Crippen LogP contribution in [-0.4, -0.2) is 35.4 Å². The van der Waals surface area contributed by atoms with E-state index < -0.39 is 28.8 Å². The number of nitrogens with zero attached hydrogens (tertiary/aromatic N) is 1. The van der Waals surface area contributed by atoms with Gasteiger partial charge in [-0.05, 0) is 43.2 Å². The maximum absolute atomic E-state index is 12.1. The monoisotopic (exact) mass is 413 g/mol. The van der Waals surface area contributed by atoms with Crippen LogP contribution in [0.1, 0.15) is 36.2 Å². The van der Waals surface area contributed by atoms with Crippen LogP contribution >= 0.6 is 0 Å². The maximum atomic E-state index is 12.1. The molecule has 2 rings (SSSR count). The minimum Gasteiger partial charge on any atom is -0.452 e. The zero-order valence-corrected chi connectivity index (χ0v) is 16.7. The third-order valence-electron chi connectivity index (χ3n) is 4.26. The summed E-state index contributed by atoms with van der Waals surface area (Å²) in [4.78, 5) is 46.1. The van der Waals surface area contributed by atoms with Crippen LogP contribution in [-0.2, 0) is 20.7 Å². The van der Waals surface area contributed by atoms with Gasteiger partial charge in [-0.2, -0.15) is 0 Å². The second-order valence-corrected chi connectivity index (χ2v) is 6.48. The highest BCUT2D eigenvalue weighted by molar-refractivity contribution is 5.95. The van der Waals surface area contributed by atoms with Crippen LogP contribution < -0.4 is 10.6 Å². The lowest BCUT2D eigenvalue weighted by atomic mass is 10.1. The third-order valence-corrected chi connectivity index (χ3v) is 4.26. The average Bonchev–Trinajstić information content (AvgIpc) is 2.74. The van der Waals surface area contributed by atoms with Crippen molar-refractivity contribution in [2.45, 2.75) is 32.8 Å². The number of ether oxygens (including phenoxy) is 1. The quantitative estimate of drug-likeness (QED) is 0.370. The number of rotatable bonds is 9. The van der Waals surface area contributed by atoms with Gasteiger partial charge in [0.25, 0.3) is 17.5 Å². The lowest BCUT2D eigenvalue weighted by Crippen LogP contribution is -2.32. The van der Waals surface area contributed by atoms with Gasteiger partial charge in [0, 0.05) is 29.9 Å². The molecule has 9 nitrogen and oxygen atoms in total. The summed E-state index contributed by atoms with van der Waals surface area (Å²) in [6.07, 6.45) is -0.224. The number of nitro benzene ring substituents is 1. The lowest BCUT2D eigenvalue weighted by Gasteiger charge is -2.14. The minimum atomic E-state index is -0.992. The molecule has 0 fully saturated rings. The van der Waals surface area contributed by atoms with E-state index in [1.165, 1.54) is 31.2 Å². The van der Waals surface area contributed by atoms with E-state index in [4.69, 9.17) is 4.74 Å². The second kappa shape index (κ2) is 10.7. The molecule has 30 heavy (non-hydrogen) atoms. The molecule has 0 aromatic heterocycles. The van der Waals surface area contributed by atoms with Gasteiger partial charge in [-0.25, -0.2) is 0 Å². The maximum Gasteiger partial charge on any atom is 0.308 e. The summed E-state index contributed by atoms with van der Waals surface area (Å²) in [5.41, 5.74) is 1.86. The summed E-state index contributed by atoms with van der Waals surface area (Å²) in [7, 11) is 0. The fourth-order valence-electron chi connectivity index (χ4n) is 2.49. The Morgan fingerprint density at radius 1 is 1.07 bits per heavy atom. The Balaban J connectivity index is 1.74. The Morgan fingerprint density at radius 3 is 2.27 bits per heavy atom. The van der Waals surface area contributed by atoms with E-state index >= 15 is 0 Å². The van der Waals surface area contributed by atoms with Crippen LogP contribution in [0.15, 0.2) is 48.5 Å². The highest BCUT2D eigenvalue weighted by Crippen LogP contribution is 2.12. The number of carbonyl (C=O) groups is 3. The van der Waals surface area contributed by atoms with Crippen LogP contribution in [0.5, 0.6) is 0 Å². The number of benzene rings is 2. The SMILES string of the molecule is CCc1ccc(NC(=O)[C@@H](C)OC(=O)CCNC(=O)c2ccc([N+](=O)[O-])cc2)cc1. The number of aryl methyl sites for hydroxylation is 1. The summed E-state index contributed by atoms with van der Waals surface area (Å²) in [6.45, 7) is 3.49. The Hall–Kier alpha value is -3.75. The number of hydrogen-bond donors (Lipinski definition) is 2. The molecule has 0 bridgehead atoms. The van der Waals surface area contributed by atoms with Crippen molar-refractivity contribution in [2.75, 3.05) is 11.9 Å². The summed E-state index contributed by atoms with van der Waals surface area (Å²) in [5, 5.41) is 15.8. The number of anilines is 1. The number of esters is 1. The van der Waals surface area contributed by atoms with E-state index in [9.17, 15) is 24.5 Å². The zero-order chi connectivity index (χ0) is 22.1. The largest absolute Gasteiger partial charge is 0.452 e. The van der Waals surface area contributed by atoms with E-state index in [1.54, 1.807) is 12.1 Å². The van der Waals surface area contributed by atoms with E-state index in [2.05, 4.69) is 10.6 Å². The Labute approximate surface area is 173 Å². The van der Waals surface area contributed by atoms with Crippen molar-refractivity contribution in [3.8, 4) is 0 Å². The number of nitro groups is 1. The second-order valence-electron chi connectivity index (χ2n) is 6.48. The van der Waals surface area contributed by atoms with Crippen molar-refractivity contribution in [1.29, 1.82) is 0 Å². The van der Waals surface area contributed by atoms with Gasteiger partial charge in [-0.3, -0.25) is 24.5 Å². The Bertz CT molecular complexity index is 909. The van der Waals surface area contributed by atoms with Gasteiger partial charge >= 0.3 is 5.97 Å². The molecule has 2 amide bonds. The van der Waals surface area contributed by atoms with Crippen LogP contribution in [0.4, 0.5) is 11.4 Å². The number of non-ortho nitro benzene ring substituents is 1. The van der Waals surface area contributed by atoms with Gasteiger partial charge in [-0.15, -0.1) is 0 Å². The first kappa shape index (κ1) is 22.5. The van der Waals surface area contributed by atoms with E-state index in [1.807, 2.05) is 19.1 Å². The van der Waals surface area contributed by atoms with Gasteiger partial charge in [0.2, 0.25) is 0 Å². The molecule has 9 heteroatoms. The van der Waals surface area contributed by atoms with E-state index in [0.717, 1.165) is 12.0 Å². The Kier molecular flexibility index (Phi) is 8.04. The highest BCUT2D eigenvalue weighted by atomic mass is 16.6. The topological polar surface area (TPSA) is 128 Å². The van der Waals surface area contributed by atoms with Crippen molar-refractivity contribution < 1.29 is 24.0 Å². The number of hydrogen-bond acceptors (Lipinski definition) is 6. The summed E-state index contributed by atoms with van der Waals surface area (Å²) in [6, 6.07) is 12.5. The molecular formula is C21H23N3O6. The first-order valence-corrected chi connectivity index (χ1v) is 9.42. The Morgan fingerprint density at radius 2 is 1.70 bits per heavy atom. The standard InChI is InChI=1S/C21H23N3O6/c1-3-15-4-8-17(9-5-15)23-20(26)14(2)30-19(25)12-13-22-21(27)16-6-10-18(11-7-16)24(28)29/h4-11,14H,3,12-13H2,1-2H3,(H,22,27)(H,23,26)/t14-/m1/s1. The molecule has 0 spiro atoms. The predicted octanol–water partition coefficient (Wildman–Crippen LogP) is 2.85. The van der Waals surface area contributed by atoms with Crippen LogP contribution in [0.3, 0.4) is 0 Å². The zero-order valence-electron chi connectivity index (χ0n) is 16.7. The van der Waals surface area contributed by atoms with Crippen molar-refractivity contribution in [3.05, 3.63) is 69.8 Å². The molecule has 0 saturated heterocycles. The van der Waals surface area contributed by atoms with Gasteiger partial charge < -0.3 is 15.4 Å². The molecule has 2 aromatic carbocycles. The van der Waals surface area contributed by atoms with E-state index in [0.29, 0.717) is 5.69 Å². The average molecular weight is 413 g/mol. The number of carbonyl (C=O) groups excluding carboxylic acids is 3. The van der Waals surface area contributed by atoms with Gasteiger partial charge in [-0.1, -0.05) is 19.1 Å². The van der Waals surface area contributed by atoms with Gasteiger partial charge in [0.1, 0.15) is 0 Å². The number of amides is 2. The fraction of sp³-hybridized carbons (Fsp3) is 0.286. The summed E-state index contributed by atoms with van der Waals surface area (Å²) < 4.78 is 5.08. The third kappa shape index (κ3) is 6.69. The van der Waals surface area contributed by atoms with Crippen LogP contribution in [0.2, 0.25) is 0 Å². The number of nitrogens with one attached hydrogen (secondary N) is 2. The molecular weight excluding hydrogens is 390 g/mol. The molecule has 0 unspecified atom stereocenters. The molecule has 158 valence electrons. The molecule has 0 saturated carbocycles. The minimum absolute atomic E-state index is 0.00146. The summed E-state index contributed by atoms with van der Waals surface area (Å²) >= 11 is 0. The van der Waals surface area contributed by atoms with Crippen LogP contribution in [0.25, 0.3) is 0 Å². The first-order valence-electron chi connectivity index (χ1n) is 9.42. The van der Waals surface area contributed by atoms with Crippen LogP contribution in [0, 0.1) is 10.1 Å². The fourth-order valence-corrected chi connectivity index (χ4v) is 2.49. The molecule has 1 atom stereocenters. The molecule has 0 aliphatic carbocycles. The predicted molar refractivity (Wildman–Crippen MR) is 110 cm³/mol.